The fourth-order valence-electron chi connectivity index (χ4n) is 4.32. The minimum Gasteiger partial charge on any atom is -0.507 e. The van der Waals surface area contributed by atoms with E-state index in [2.05, 4.69) is 18.7 Å². The molecule has 182 valence electrons. The quantitative estimate of drug-likeness (QED) is 0.290. The van der Waals surface area contributed by atoms with Crippen molar-refractivity contribution < 1.29 is 19.4 Å². The summed E-state index contributed by atoms with van der Waals surface area (Å²) in [5, 5.41) is 11.2. The molecule has 1 fully saturated rings. The molecule has 1 N–H and O–H groups in total. The van der Waals surface area contributed by atoms with Gasteiger partial charge in [0.25, 0.3) is 11.7 Å². The third-order valence-electron chi connectivity index (χ3n) is 6.28. The van der Waals surface area contributed by atoms with Crippen molar-refractivity contribution in [1.82, 2.24) is 9.80 Å². The first kappa shape index (κ1) is 25.5. The van der Waals surface area contributed by atoms with Crippen molar-refractivity contribution in [3.8, 4) is 5.75 Å². The number of aliphatic hydroxyl groups excluding tert-OH is 1. The molecule has 1 aliphatic rings. The molecule has 6 heteroatoms. The van der Waals surface area contributed by atoms with Gasteiger partial charge in [0.2, 0.25) is 0 Å². The van der Waals surface area contributed by atoms with Crippen LogP contribution in [-0.2, 0) is 9.59 Å². The Hall–Kier alpha value is -3.12. The molecule has 0 aromatic heterocycles. The van der Waals surface area contributed by atoms with Gasteiger partial charge in [-0.3, -0.25) is 9.59 Å². The van der Waals surface area contributed by atoms with E-state index in [-0.39, 0.29) is 11.3 Å². The predicted molar refractivity (Wildman–Crippen MR) is 135 cm³/mol. The van der Waals surface area contributed by atoms with Crippen molar-refractivity contribution in [2.45, 2.75) is 46.6 Å². The Kier molecular flexibility index (Phi) is 8.88. The van der Waals surface area contributed by atoms with E-state index in [4.69, 9.17) is 4.74 Å². The van der Waals surface area contributed by atoms with Crippen LogP contribution in [0.2, 0.25) is 0 Å². The molecule has 1 atom stereocenters. The highest BCUT2D eigenvalue weighted by Gasteiger charge is 2.45. The molecule has 2 aromatic rings. The summed E-state index contributed by atoms with van der Waals surface area (Å²) in [5.41, 5.74) is 2.45. The van der Waals surface area contributed by atoms with E-state index in [1.165, 1.54) is 0 Å². The van der Waals surface area contributed by atoms with Crippen LogP contribution in [-0.4, -0.2) is 59.4 Å². The van der Waals surface area contributed by atoms with E-state index < -0.39 is 17.7 Å². The van der Waals surface area contributed by atoms with Crippen molar-refractivity contribution in [1.29, 1.82) is 0 Å². The summed E-state index contributed by atoms with van der Waals surface area (Å²) in [6.45, 7) is 11.9. The van der Waals surface area contributed by atoms with Gasteiger partial charge in [-0.25, -0.2) is 0 Å². The van der Waals surface area contributed by atoms with Crippen LogP contribution >= 0.6 is 0 Å². The molecule has 0 unspecified atom stereocenters. The summed E-state index contributed by atoms with van der Waals surface area (Å²) in [6, 6.07) is 14.1. The highest BCUT2D eigenvalue weighted by molar-refractivity contribution is 6.46. The van der Waals surface area contributed by atoms with E-state index in [0.717, 1.165) is 43.6 Å². The highest BCUT2D eigenvalue weighted by atomic mass is 16.5. The van der Waals surface area contributed by atoms with Crippen LogP contribution in [0.3, 0.4) is 0 Å². The molecule has 0 spiro atoms. The summed E-state index contributed by atoms with van der Waals surface area (Å²) in [4.78, 5) is 30.2. The van der Waals surface area contributed by atoms with E-state index in [9.17, 15) is 14.7 Å². The number of carbonyl (C=O) groups excluding carboxylic acids is 2. The maximum absolute atomic E-state index is 13.2. The monoisotopic (exact) mass is 464 g/mol. The summed E-state index contributed by atoms with van der Waals surface area (Å²) in [7, 11) is 0. The molecule has 1 aliphatic heterocycles. The van der Waals surface area contributed by atoms with Crippen LogP contribution in [0.4, 0.5) is 0 Å². The van der Waals surface area contributed by atoms with Gasteiger partial charge in [-0.1, -0.05) is 62.7 Å². The number of benzene rings is 2. The number of likely N-dealkylation sites (tertiary alicyclic amines) is 1. The summed E-state index contributed by atoms with van der Waals surface area (Å²) in [6.07, 6.45) is 1.61. The van der Waals surface area contributed by atoms with Gasteiger partial charge < -0.3 is 19.6 Å². The first-order valence-corrected chi connectivity index (χ1v) is 12.2. The number of aliphatic hydroxyl groups is 1. The van der Waals surface area contributed by atoms with Gasteiger partial charge in [-0.2, -0.15) is 0 Å². The lowest BCUT2D eigenvalue weighted by Gasteiger charge is -2.27. The first-order chi connectivity index (χ1) is 16.4. The summed E-state index contributed by atoms with van der Waals surface area (Å²) in [5.74, 6) is -0.679. The van der Waals surface area contributed by atoms with Crippen LogP contribution in [0.15, 0.2) is 54.1 Å². The molecule has 1 saturated heterocycles. The van der Waals surface area contributed by atoms with Crippen molar-refractivity contribution in [2.24, 2.45) is 0 Å². The Labute approximate surface area is 202 Å². The lowest BCUT2D eigenvalue weighted by Crippen LogP contribution is -2.33. The number of nitrogens with zero attached hydrogens (tertiary/aromatic N) is 2. The topological polar surface area (TPSA) is 70.1 Å². The highest BCUT2D eigenvalue weighted by Crippen LogP contribution is 2.40. The van der Waals surface area contributed by atoms with E-state index in [0.29, 0.717) is 24.5 Å². The van der Waals surface area contributed by atoms with Crippen LogP contribution in [0, 0.1) is 6.92 Å². The van der Waals surface area contributed by atoms with Gasteiger partial charge in [0.05, 0.1) is 18.2 Å². The average molecular weight is 465 g/mol. The lowest BCUT2D eigenvalue weighted by atomic mass is 9.95. The number of ether oxygens (including phenoxy) is 1. The van der Waals surface area contributed by atoms with Gasteiger partial charge in [0.15, 0.2) is 0 Å². The van der Waals surface area contributed by atoms with Crippen molar-refractivity contribution >= 4 is 17.4 Å². The van der Waals surface area contributed by atoms with Crippen molar-refractivity contribution in [3.05, 3.63) is 70.8 Å². The third-order valence-corrected chi connectivity index (χ3v) is 6.28. The fraction of sp³-hybridized carbons (Fsp3) is 0.429. The Morgan fingerprint density at radius 3 is 2.41 bits per heavy atom. The third kappa shape index (κ3) is 5.68. The minimum absolute atomic E-state index is 0.129. The second-order valence-electron chi connectivity index (χ2n) is 8.66. The predicted octanol–water partition coefficient (Wildman–Crippen LogP) is 4.94. The summed E-state index contributed by atoms with van der Waals surface area (Å²) >= 11 is 0. The summed E-state index contributed by atoms with van der Waals surface area (Å²) < 4.78 is 5.81. The molecule has 0 radical (unpaired) electrons. The van der Waals surface area contributed by atoms with Gasteiger partial charge in [-0.05, 0) is 57.1 Å². The number of amides is 1. The molecule has 0 bridgehead atoms. The Morgan fingerprint density at radius 2 is 1.76 bits per heavy atom. The first-order valence-electron chi connectivity index (χ1n) is 12.2. The molecular weight excluding hydrogens is 428 g/mol. The van der Waals surface area contributed by atoms with Crippen LogP contribution in [0.5, 0.6) is 5.75 Å². The Balaban J connectivity index is 2.03. The number of ketones is 1. The molecule has 3 rings (SSSR count). The zero-order valence-corrected chi connectivity index (χ0v) is 20.7. The van der Waals surface area contributed by atoms with Crippen molar-refractivity contribution in [2.75, 3.05) is 32.8 Å². The number of hydrogen-bond donors (Lipinski definition) is 1. The molecule has 0 aliphatic carbocycles. The molecule has 1 amide bonds. The SMILES string of the molecule is CCCOc1cccc([C@H]2C(=C(O)c3ccc(C)cc3)C(=O)C(=O)N2CCCN(CC)CC)c1. The minimum atomic E-state index is -0.664. The number of aryl methyl sites for hydroxylation is 1. The Bertz CT molecular complexity index is 1020. The molecule has 1 heterocycles. The maximum Gasteiger partial charge on any atom is 0.295 e. The molecule has 6 nitrogen and oxygen atoms in total. The number of hydrogen-bond acceptors (Lipinski definition) is 5. The lowest BCUT2D eigenvalue weighted by molar-refractivity contribution is -0.140. The number of Topliss-reactive ketones (excluding diaryl/α,β-unsaturated/α-hetero) is 1. The smallest absolute Gasteiger partial charge is 0.295 e. The van der Waals surface area contributed by atoms with Gasteiger partial charge in [0, 0.05) is 12.1 Å². The van der Waals surface area contributed by atoms with E-state index in [1.54, 1.807) is 17.0 Å². The fourth-order valence-corrected chi connectivity index (χ4v) is 4.32. The van der Waals surface area contributed by atoms with Gasteiger partial charge in [-0.15, -0.1) is 0 Å². The Morgan fingerprint density at radius 1 is 1.06 bits per heavy atom. The maximum atomic E-state index is 13.2. The number of rotatable bonds is 11. The van der Waals surface area contributed by atoms with Gasteiger partial charge in [0.1, 0.15) is 11.5 Å². The van der Waals surface area contributed by atoms with Gasteiger partial charge >= 0.3 is 0 Å². The molecule has 34 heavy (non-hydrogen) atoms. The normalized spacial score (nSPS) is 17.6. The molecular formula is C28H36N2O4. The van der Waals surface area contributed by atoms with E-state index in [1.807, 2.05) is 50.2 Å². The van der Waals surface area contributed by atoms with Crippen molar-refractivity contribution in [3.63, 3.8) is 0 Å². The van der Waals surface area contributed by atoms with Crippen LogP contribution in [0.25, 0.3) is 5.76 Å². The second kappa shape index (κ2) is 11.8. The standard InChI is InChI=1S/C28H36N2O4/c1-5-18-34-23-11-8-10-22(19-23)25-24(26(31)21-14-12-20(4)13-15-21)27(32)28(33)30(25)17-9-16-29(6-2)7-3/h8,10-15,19,25,31H,5-7,9,16-18H2,1-4H3/t25-/m0/s1. The second-order valence-corrected chi connectivity index (χ2v) is 8.66. The largest absolute Gasteiger partial charge is 0.507 e. The zero-order valence-electron chi connectivity index (χ0n) is 20.7. The van der Waals surface area contributed by atoms with Crippen LogP contribution in [0.1, 0.15) is 56.3 Å². The zero-order chi connectivity index (χ0) is 24.7. The average Bonchev–Trinajstić information content (AvgIpc) is 3.10. The number of carbonyl (C=O) groups is 2. The van der Waals surface area contributed by atoms with E-state index >= 15 is 0 Å². The molecule has 2 aromatic carbocycles. The molecule has 0 saturated carbocycles. The van der Waals surface area contributed by atoms with Crippen LogP contribution < -0.4 is 4.74 Å².